The Hall–Kier alpha value is -2.28. The van der Waals surface area contributed by atoms with Gasteiger partial charge in [0.15, 0.2) is 0 Å². The van der Waals surface area contributed by atoms with E-state index in [-0.39, 0.29) is 11.8 Å². The fourth-order valence-corrected chi connectivity index (χ4v) is 2.80. The van der Waals surface area contributed by atoms with Crippen molar-refractivity contribution in [3.63, 3.8) is 0 Å². The van der Waals surface area contributed by atoms with Crippen LogP contribution in [0.15, 0.2) is 24.5 Å². The Kier molecular flexibility index (Phi) is 3.66. The molecule has 0 aliphatic heterocycles. The van der Waals surface area contributed by atoms with E-state index in [1.165, 1.54) is 18.5 Å². The first-order chi connectivity index (χ1) is 10.2. The van der Waals surface area contributed by atoms with Gasteiger partial charge >= 0.3 is 0 Å². The molecule has 0 amide bonds. The first kappa shape index (κ1) is 13.7. The number of ether oxygens (including phenoxy) is 1. The molecule has 110 valence electrons. The molecular formula is C14H16N4O3. The van der Waals surface area contributed by atoms with Crippen LogP contribution >= 0.6 is 0 Å². The van der Waals surface area contributed by atoms with E-state index in [2.05, 4.69) is 9.97 Å². The zero-order chi connectivity index (χ0) is 14.8. The Morgan fingerprint density at radius 2 is 2.24 bits per heavy atom. The summed E-state index contributed by atoms with van der Waals surface area (Å²) in [4.78, 5) is 18.7. The highest BCUT2D eigenvalue weighted by atomic mass is 16.6. The van der Waals surface area contributed by atoms with Crippen molar-refractivity contribution < 1.29 is 9.66 Å². The lowest BCUT2D eigenvalue weighted by molar-refractivity contribution is -0.384. The van der Waals surface area contributed by atoms with Gasteiger partial charge in [0, 0.05) is 18.1 Å². The van der Waals surface area contributed by atoms with Crippen LogP contribution in [0.3, 0.4) is 0 Å². The number of benzene rings is 1. The van der Waals surface area contributed by atoms with Gasteiger partial charge in [-0.2, -0.15) is 0 Å². The smallest absolute Gasteiger partial charge is 0.270 e. The van der Waals surface area contributed by atoms with Crippen LogP contribution in [0.2, 0.25) is 0 Å². The van der Waals surface area contributed by atoms with E-state index in [9.17, 15) is 10.1 Å². The molecule has 7 heteroatoms. The van der Waals surface area contributed by atoms with Crippen LogP contribution in [0.4, 0.5) is 5.69 Å². The minimum Gasteiger partial charge on any atom is -0.473 e. The van der Waals surface area contributed by atoms with Gasteiger partial charge in [-0.1, -0.05) is 0 Å². The second kappa shape index (κ2) is 5.61. The summed E-state index contributed by atoms with van der Waals surface area (Å²) >= 11 is 0. The summed E-state index contributed by atoms with van der Waals surface area (Å²) in [6.07, 6.45) is 4.49. The molecule has 1 aliphatic carbocycles. The number of fused-ring (bicyclic) bond motifs is 1. The highest BCUT2D eigenvalue weighted by molar-refractivity contribution is 5.85. The van der Waals surface area contributed by atoms with Crippen LogP contribution in [0, 0.1) is 16.0 Å². The largest absolute Gasteiger partial charge is 0.473 e. The zero-order valence-corrected chi connectivity index (χ0v) is 11.4. The van der Waals surface area contributed by atoms with E-state index in [0.717, 1.165) is 19.3 Å². The number of hydrogen-bond acceptors (Lipinski definition) is 6. The molecule has 1 aromatic carbocycles. The summed E-state index contributed by atoms with van der Waals surface area (Å²) in [5.74, 6) is 0.711. The van der Waals surface area contributed by atoms with Crippen molar-refractivity contribution >= 4 is 16.6 Å². The summed E-state index contributed by atoms with van der Waals surface area (Å²) in [5.41, 5.74) is 6.39. The number of aromatic nitrogens is 2. The molecule has 0 saturated heterocycles. The molecule has 2 unspecified atom stereocenters. The normalized spacial score (nSPS) is 21.6. The minimum absolute atomic E-state index is 0.00365. The fourth-order valence-electron chi connectivity index (χ4n) is 2.80. The van der Waals surface area contributed by atoms with Crippen molar-refractivity contribution in [2.24, 2.45) is 11.7 Å². The Morgan fingerprint density at radius 3 is 3.00 bits per heavy atom. The SMILES string of the molecule is NCC1CCCC1Oc1ncnc2ccc([N+](=O)[O-])cc12. The van der Waals surface area contributed by atoms with Crippen molar-refractivity contribution in [2.45, 2.75) is 25.4 Å². The summed E-state index contributed by atoms with van der Waals surface area (Å²) in [5, 5.41) is 11.5. The number of nitro benzene ring substituents is 1. The summed E-state index contributed by atoms with van der Waals surface area (Å²) in [6.45, 7) is 0.577. The van der Waals surface area contributed by atoms with Gasteiger partial charge in [-0.25, -0.2) is 9.97 Å². The third kappa shape index (κ3) is 2.64. The maximum absolute atomic E-state index is 10.9. The standard InChI is InChI=1S/C14H16N4O3/c15-7-9-2-1-3-13(9)21-14-11-6-10(18(19)20)4-5-12(11)16-8-17-14/h4-6,8-9,13H,1-3,7,15H2. The Morgan fingerprint density at radius 1 is 1.38 bits per heavy atom. The predicted molar refractivity (Wildman–Crippen MR) is 77.0 cm³/mol. The topological polar surface area (TPSA) is 104 Å². The van der Waals surface area contributed by atoms with Crippen LogP contribution in [0.1, 0.15) is 19.3 Å². The van der Waals surface area contributed by atoms with Gasteiger partial charge in [0.25, 0.3) is 5.69 Å². The van der Waals surface area contributed by atoms with Crippen molar-refractivity contribution in [3.05, 3.63) is 34.6 Å². The lowest BCUT2D eigenvalue weighted by Crippen LogP contribution is -2.28. The monoisotopic (exact) mass is 288 g/mol. The molecule has 0 spiro atoms. The summed E-state index contributed by atoms with van der Waals surface area (Å²) < 4.78 is 5.97. The second-order valence-electron chi connectivity index (χ2n) is 5.22. The predicted octanol–water partition coefficient (Wildman–Crippen LogP) is 2.04. The molecule has 1 fully saturated rings. The number of non-ortho nitro benzene ring substituents is 1. The van der Waals surface area contributed by atoms with E-state index in [1.807, 2.05) is 0 Å². The molecule has 2 N–H and O–H groups in total. The second-order valence-corrected chi connectivity index (χ2v) is 5.22. The van der Waals surface area contributed by atoms with Crippen LogP contribution < -0.4 is 10.5 Å². The van der Waals surface area contributed by atoms with Gasteiger partial charge in [0.2, 0.25) is 5.88 Å². The van der Waals surface area contributed by atoms with Crippen molar-refractivity contribution in [1.82, 2.24) is 9.97 Å². The van der Waals surface area contributed by atoms with E-state index in [1.54, 1.807) is 6.07 Å². The van der Waals surface area contributed by atoms with E-state index < -0.39 is 4.92 Å². The lowest BCUT2D eigenvalue weighted by Gasteiger charge is -2.19. The van der Waals surface area contributed by atoms with Crippen LogP contribution in [-0.2, 0) is 0 Å². The molecular weight excluding hydrogens is 272 g/mol. The number of nitro groups is 1. The Balaban J connectivity index is 1.97. The minimum atomic E-state index is -0.436. The van der Waals surface area contributed by atoms with Gasteiger partial charge < -0.3 is 10.5 Å². The molecule has 2 aromatic rings. The maximum atomic E-state index is 10.9. The molecule has 7 nitrogen and oxygen atoms in total. The maximum Gasteiger partial charge on any atom is 0.270 e. The fraction of sp³-hybridized carbons (Fsp3) is 0.429. The van der Waals surface area contributed by atoms with Crippen LogP contribution in [0.5, 0.6) is 5.88 Å². The first-order valence-corrected chi connectivity index (χ1v) is 6.95. The van der Waals surface area contributed by atoms with Gasteiger partial charge in [0.1, 0.15) is 12.4 Å². The van der Waals surface area contributed by atoms with Gasteiger partial charge in [-0.15, -0.1) is 0 Å². The van der Waals surface area contributed by atoms with Gasteiger partial charge in [-0.3, -0.25) is 10.1 Å². The highest BCUT2D eigenvalue weighted by Crippen LogP contribution is 2.32. The highest BCUT2D eigenvalue weighted by Gasteiger charge is 2.28. The molecule has 1 saturated carbocycles. The molecule has 0 radical (unpaired) electrons. The summed E-state index contributed by atoms with van der Waals surface area (Å²) in [7, 11) is 0. The average molecular weight is 288 g/mol. The Bertz CT molecular complexity index is 676. The quantitative estimate of drug-likeness (QED) is 0.682. The third-order valence-electron chi connectivity index (χ3n) is 3.95. The molecule has 0 bridgehead atoms. The molecule has 1 aliphatic rings. The van der Waals surface area contributed by atoms with Crippen LogP contribution in [-0.4, -0.2) is 27.5 Å². The number of nitrogens with zero attached hydrogens (tertiary/aromatic N) is 3. The Labute approximate surface area is 121 Å². The number of nitrogens with two attached hydrogens (primary N) is 1. The van der Waals surface area contributed by atoms with E-state index in [4.69, 9.17) is 10.5 Å². The van der Waals surface area contributed by atoms with Crippen molar-refractivity contribution in [2.75, 3.05) is 6.54 Å². The lowest BCUT2D eigenvalue weighted by atomic mass is 10.1. The first-order valence-electron chi connectivity index (χ1n) is 6.95. The average Bonchev–Trinajstić information content (AvgIpc) is 2.94. The molecule has 21 heavy (non-hydrogen) atoms. The third-order valence-corrected chi connectivity index (χ3v) is 3.95. The zero-order valence-electron chi connectivity index (χ0n) is 11.4. The number of rotatable bonds is 4. The van der Waals surface area contributed by atoms with E-state index in [0.29, 0.717) is 29.2 Å². The van der Waals surface area contributed by atoms with E-state index >= 15 is 0 Å². The molecule has 1 aromatic heterocycles. The van der Waals surface area contributed by atoms with Crippen LogP contribution in [0.25, 0.3) is 10.9 Å². The molecule has 3 rings (SSSR count). The summed E-state index contributed by atoms with van der Waals surface area (Å²) in [6, 6.07) is 4.49. The van der Waals surface area contributed by atoms with Gasteiger partial charge in [0.05, 0.1) is 15.8 Å². The molecule has 1 heterocycles. The van der Waals surface area contributed by atoms with Crippen molar-refractivity contribution in [1.29, 1.82) is 0 Å². The van der Waals surface area contributed by atoms with Gasteiger partial charge in [-0.05, 0) is 31.9 Å². The molecule has 2 atom stereocenters. The number of hydrogen-bond donors (Lipinski definition) is 1. The van der Waals surface area contributed by atoms with Crippen molar-refractivity contribution in [3.8, 4) is 5.88 Å².